The Morgan fingerprint density at radius 2 is 2.14 bits per heavy atom. The van der Waals surface area contributed by atoms with Crippen molar-refractivity contribution in [2.75, 3.05) is 26.0 Å². The molecule has 86 valence electrons. The molecule has 0 radical (unpaired) electrons. The van der Waals surface area contributed by atoms with Gasteiger partial charge in [0.2, 0.25) is 10.0 Å². The summed E-state index contributed by atoms with van der Waals surface area (Å²) < 4.78 is 30.0. The fraction of sp³-hybridized carbons (Fsp3) is 1.00. The van der Waals surface area contributed by atoms with Gasteiger partial charge in [-0.3, -0.25) is 0 Å². The summed E-state index contributed by atoms with van der Waals surface area (Å²) in [5.74, 6) is 0.129. The van der Waals surface area contributed by atoms with Gasteiger partial charge in [-0.25, -0.2) is 13.1 Å². The van der Waals surface area contributed by atoms with Crippen LogP contribution in [0.15, 0.2) is 0 Å². The van der Waals surface area contributed by atoms with Gasteiger partial charge < -0.3 is 4.74 Å². The molecule has 0 aromatic carbocycles. The third-order valence-corrected chi connectivity index (χ3v) is 4.13. The standard InChI is InChI=1S/C8H18BrNO3S/c1-3-8(9)7-10-14(11,12)6-4-5-13-2/h8,10H,3-7H2,1-2H3. The van der Waals surface area contributed by atoms with E-state index < -0.39 is 10.0 Å². The Hall–Kier alpha value is 0.350. The van der Waals surface area contributed by atoms with Crippen LogP contribution in [0.4, 0.5) is 0 Å². The predicted octanol–water partition coefficient (Wildman–Crippen LogP) is 1.12. The zero-order valence-corrected chi connectivity index (χ0v) is 11.0. The third kappa shape index (κ3) is 7.73. The first kappa shape index (κ1) is 14.3. The summed E-state index contributed by atoms with van der Waals surface area (Å²) in [7, 11) is -1.56. The van der Waals surface area contributed by atoms with Gasteiger partial charge in [0.05, 0.1) is 5.75 Å². The highest BCUT2D eigenvalue weighted by atomic mass is 79.9. The van der Waals surface area contributed by atoms with Gasteiger partial charge in [0.1, 0.15) is 0 Å². The summed E-state index contributed by atoms with van der Waals surface area (Å²) in [5, 5.41) is 0. The lowest BCUT2D eigenvalue weighted by Gasteiger charge is -2.09. The number of sulfonamides is 1. The first-order valence-electron chi connectivity index (χ1n) is 4.62. The van der Waals surface area contributed by atoms with Crippen molar-refractivity contribution < 1.29 is 13.2 Å². The van der Waals surface area contributed by atoms with Gasteiger partial charge in [-0.05, 0) is 12.8 Å². The van der Waals surface area contributed by atoms with E-state index in [1.54, 1.807) is 7.11 Å². The van der Waals surface area contributed by atoms with Crippen molar-refractivity contribution in [1.29, 1.82) is 0 Å². The van der Waals surface area contributed by atoms with E-state index in [1.807, 2.05) is 6.92 Å². The molecular weight excluding hydrogens is 270 g/mol. The molecule has 0 rings (SSSR count). The molecule has 0 saturated carbocycles. The van der Waals surface area contributed by atoms with Crippen LogP contribution in [0.3, 0.4) is 0 Å². The zero-order chi connectivity index (χ0) is 11.0. The van der Waals surface area contributed by atoms with E-state index in [0.29, 0.717) is 19.6 Å². The summed E-state index contributed by atoms with van der Waals surface area (Å²) in [6.07, 6.45) is 1.44. The fourth-order valence-corrected chi connectivity index (χ4v) is 2.30. The number of rotatable bonds is 8. The lowest BCUT2D eigenvalue weighted by molar-refractivity contribution is 0.199. The lowest BCUT2D eigenvalue weighted by Crippen LogP contribution is -2.31. The molecule has 0 fully saturated rings. The van der Waals surface area contributed by atoms with Crippen molar-refractivity contribution in [2.24, 2.45) is 0 Å². The van der Waals surface area contributed by atoms with E-state index in [4.69, 9.17) is 4.74 Å². The molecule has 0 aliphatic rings. The maximum atomic E-state index is 11.3. The van der Waals surface area contributed by atoms with Crippen LogP contribution in [-0.2, 0) is 14.8 Å². The highest BCUT2D eigenvalue weighted by Gasteiger charge is 2.11. The summed E-state index contributed by atoms with van der Waals surface area (Å²) in [5.41, 5.74) is 0. The van der Waals surface area contributed by atoms with Crippen molar-refractivity contribution in [1.82, 2.24) is 4.72 Å². The van der Waals surface area contributed by atoms with Gasteiger partial charge in [0.25, 0.3) is 0 Å². The van der Waals surface area contributed by atoms with Crippen LogP contribution in [0.1, 0.15) is 19.8 Å². The van der Waals surface area contributed by atoms with E-state index in [1.165, 1.54) is 0 Å². The van der Waals surface area contributed by atoms with Crippen LogP contribution in [0.5, 0.6) is 0 Å². The third-order valence-electron chi connectivity index (χ3n) is 1.73. The fourth-order valence-electron chi connectivity index (χ4n) is 0.827. The molecule has 0 aliphatic heterocycles. The van der Waals surface area contributed by atoms with E-state index >= 15 is 0 Å². The monoisotopic (exact) mass is 287 g/mol. The minimum atomic E-state index is -3.12. The quantitative estimate of drug-likeness (QED) is 0.538. The second kappa shape index (κ2) is 7.62. The molecule has 0 aromatic heterocycles. The molecular formula is C8H18BrNO3S. The summed E-state index contributed by atoms with van der Waals surface area (Å²) >= 11 is 3.36. The SMILES string of the molecule is CCC(Br)CNS(=O)(=O)CCCOC. The Labute approximate surface area is 94.6 Å². The molecule has 0 heterocycles. The second-order valence-electron chi connectivity index (χ2n) is 3.02. The Bertz CT molecular complexity index is 231. The van der Waals surface area contributed by atoms with Gasteiger partial charge in [0, 0.05) is 25.1 Å². The molecule has 1 N–H and O–H groups in total. The van der Waals surface area contributed by atoms with Crippen LogP contribution in [0.2, 0.25) is 0 Å². The van der Waals surface area contributed by atoms with E-state index in [2.05, 4.69) is 20.7 Å². The normalized spacial score (nSPS) is 14.2. The zero-order valence-electron chi connectivity index (χ0n) is 8.62. The van der Waals surface area contributed by atoms with Crippen molar-refractivity contribution >= 4 is 26.0 Å². The lowest BCUT2D eigenvalue weighted by atomic mass is 10.3. The van der Waals surface area contributed by atoms with Gasteiger partial charge in [0.15, 0.2) is 0 Å². The van der Waals surface area contributed by atoms with Crippen LogP contribution < -0.4 is 4.72 Å². The number of halogens is 1. The Morgan fingerprint density at radius 1 is 1.50 bits per heavy atom. The first-order valence-corrected chi connectivity index (χ1v) is 7.19. The van der Waals surface area contributed by atoms with Gasteiger partial charge >= 0.3 is 0 Å². The number of hydrogen-bond acceptors (Lipinski definition) is 3. The molecule has 0 aliphatic carbocycles. The predicted molar refractivity (Wildman–Crippen MR) is 61.3 cm³/mol. The minimum Gasteiger partial charge on any atom is -0.385 e. The molecule has 1 unspecified atom stereocenters. The maximum absolute atomic E-state index is 11.3. The summed E-state index contributed by atoms with van der Waals surface area (Å²) in [4.78, 5) is 0.208. The molecule has 4 nitrogen and oxygen atoms in total. The average Bonchev–Trinajstić information content (AvgIpc) is 2.14. The van der Waals surface area contributed by atoms with Crippen molar-refractivity contribution in [3.8, 4) is 0 Å². The summed E-state index contributed by atoms with van der Waals surface area (Å²) in [6, 6.07) is 0. The van der Waals surface area contributed by atoms with Crippen molar-refractivity contribution in [3.05, 3.63) is 0 Å². The number of methoxy groups -OCH3 is 1. The minimum absolute atomic E-state index is 0.129. The molecule has 1 atom stereocenters. The highest BCUT2D eigenvalue weighted by molar-refractivity contribution is 9.09. The molecule has 6 heteroatoms. The van der Waals surface area contributed by atoms with Crippen LogP contribution in [-0.4, -0.2) is 39.3 Å². The van der Waals surface area contributed by atoms with Crippen molar-refractivity contribution in [2.45, 2.75) is 24.6 Å². The topological polar surface area (TPSA) is 55.4 Å². The van der Waals surface area contributed by atoms with Crippen LogP contribution in [0.25, 0.3) is 0 Å². The summed E-state index contributed by atoms with van der Waals surface area (Å²) in [6.45, 7) is 2.93. The Morgan fingerprint density at radius 3 is 2.64 bits per heavy atom. The van der Waals surface area contributed by atoms with E-state index in [9.17, 15) is 8.42 Å². The smallest absolute Gasteiger partial charge is 0.211 e. The van der Waals surface area contributed by atoms with Crippen LogP contribution >= 0.6 is 15.9 Å². The number of alkyl halides is 1. The Kier molecular flexibility index (Phi) is 7.81. The van der Waals surface area contributed by atoms with Gasteiger partial charge in [-0.1, -0.05) is 22.9 Å². The molecule has 14 heavy (non-hydrogen) atoms. The molecule has 0 saturated heterocycles. The molecule has 0 amide bonds. The highest BCUT2D eigenvalue weighted by Crippen LogP contribution is 2.02. The average molecular weight is 288 g/mol. The maximum Gasteiger partial charge on any atom is 0.211 e. The van der Waals surface area contributed by atoms with Crippen LogP contribution in [0, 0.1) is 0 Å². The number of ether oxygens (including phenoxy) is 1. The Balaban J connectivity index is 3.73. The van der Waals surface area contributed by atoms with E-state index in [-0.39, 0.29) is 10.6 Å². The second-order valence-corrected chi connectivity index (χ2v) is 6.24. The number of nitrogens with one attached hydrogen (secondary N) is 1. The van der Waals surface area contributed by atoms with Gasteiger partial charge in [-0.15, -0.1) is 0 Å². The van der Waals surface area contributed by atoms with Crippen molar-refractivity contribution in [3.63, 3.8) is 0 Å². The molecule has 0 aromatic rings. The largest absolute Gasteiger partial charge is 0.385 e. The van der Waals surface area contributed by atoms with Gasteiger partial charge in [-0.2, -0.15) is 0 Å². The molecule has 0 spiro atoms. The molecule has 0 bridgehead atoms. The first-order chi connectivity index (χ1) is 6.52. The number of hydrogen-bond donors (Lipinski definition) is 1. The van der Waals surface area contributed by atoms with E-state index in [0.717, 1.165) is 6.42 Å².